The van der Waals surface area contributed by atoms with Crippen LogP contribution >= 0.6 is 15.9 Å². The zero-order chi connectivity index (χ0) is 18.7. The van der Waals surface area contributed by atoms with Crippen molar-refractivity contribution in [3.8, 4) is 5.75 Å². The van der Waals surface area contributed by atoms with Crippen LogP contribution in [-0.4, -0.2) is 16.0 Å². The van der Waals surface area contributed by atoms with Gasteiger partial charge in [-0.3, -0.25) is 4.79 Å². The second-order valence-electron chi connectivity index (χ2n) is 5.99. The van der Waals surface area contributed by atoms with Crippen LogP contribution in [0.15, 0.2) is 45.5 Å². The number of aryl methyl sites for hydroxylation is 3. The van der Waals surface area contributed by atoms with Crippen molar-refractivity contribution in [2.45, 2.75) is 27.4 Å². The van der Waals surface area contributed by atoms with Gasteiger partial charge < -0.3 is 14.6 Å². The lowest BCUT2D eigenvalue weighted by Gasteiger charge is -2.09. The number of benzene rings is 1. The Morgan fingerprint density at radius 3 is 2.58 bits per heavy atom. The van der Waals surface area contributed by atoms with Crippen LogP contribution in [0.3, 0.4) is 0 Å². The number of ether oxygens (including phenoxy) is 1. The maximum atomic E-state index is 12.5. The summed E-state index contributed by atoms with van der Waals surface area (Å²) in [6.07, 6.45) is 1.60. The Kier molecular flexibility index (Phi) is 5.37. The van der Waals surface area contributed by atoms with Crippen molar-refractivity contribution in [3.05, 3.63) is 69.1 Å². The summed E-state index contributed by atoms with van der Waals surface area (Å²) < 4.78 is 11.9. The minimum absolute atomic E-state index is 0.189. The molecule has 1 aromatic carbocycles. The molecule has 2 aromatic heterocycles. The number of hydrogen-bond acceptors (Lipinski definition) is 5. The molecule has 6 nitrogen and oxygen atoms in total. The molecule has 1 N–H and O–H groups in total. The highest BCUT2D eigenvalue weighted by atomic mass is 79.9. The Bertz CT molecular complexity index is 915. The highest BCUT2D eigenvalue weighted by Gasteiger charge is 2.21. The van der Waals surface area contributed by atoms with Gasteiger partial charge in [0.25, 0.3) is 5.91 Å². The number of amides is 1. The Morgan fingerprint density at radius 1 is 1.19 bits per heavy atom. The lowest BCUT2D eigenvalue weighted by atomic mass is 10.1. The van der Waals surface area contributed by atoms with Gasteiger partial charge in [0.2, 0.25) is 0 Å². The average molecular weight is 416 g/mol. The van der Waals surface area contributed by atoms with Crippen molar-refractivity contribution in [3.63, 3.8) is 0 Å². The number of carbonyl (C=O) groups is 1. The van der Waals surface area contributed by atoms with Crippen LogP contribution < -0.4 is 10.1 Å². The van der Waals surface area contributed by atoms with Crippen LogP contribution in [0.5, 0.6) is 5.75 Å². The highest BCUT2D eigenvalue weighted by Crippen LogP contribution is 2.21. The lowest BCUT2D eigenvalue weighted by Crippen LogP contribution is -2.16. The number of carbonyl (C=O) groups excluding carboxylic acids is 1. The predicted octanol–water partition coefficient (Wildman–Crippen LogP) is 4.59. The fourth-order valence-corrected chi connectivity index (χ4v) is 2.77. The molecule has 0 aliphatic rings. The van der Waals surface area contributed by atoms with Gasteiger partial charge in [-0.15, -0.1) is 0 Å². The Morgan fingerprint density at radius 2 is 1.92 bits per heavy atom. The van der Waals surface area contributed by atoms with E-state index in [9.17, 15) is 4.79 Å². The van der Waals surface area contributed by atoms with Gasteiger partial charge in [-0.2, -0.15) is 0 Å². The summed E-state index contributed by atoms with van der Waals surface area (Å²) in [5, 5.41) is 6.58. The monoisotopic (exact) mass is 415 g/mol. The van der Waals surface area contributed by atoms with E-state index in [4.69, 9.17) is 9.26 Å². The average Bonchev–Trinajstić information content (AvgIpc) is 2.95. The molecule has 26 heavy (non-hydrogen) atoms. The highest BCUT2D eigenvalue weighted by molar-refractivity contribution is 9.10. The Balaban J connectivity index is 1.75. The third-order valence-electron chi connectivity index (χ3n) is 3.75. The summed E-state index contributed by atoms with van der Waals surface area (Å²) in [6, 6.07) is 9.45. The van der Waals surface area contributed by atoms with E-state index in [1.807, 2.05) is 26.0 Å². The lowest BCUT2D eigenvalue weighted by molar-refractivity contribution is 0.101. The van der Waals surface area contributed by atoms with Crippen molar-refractivity contribution in [2.24, 2.45) is 0 Å². The summed E-state index contributed by atoms with van der Waals surface area (Å²) in [7, 11) is 0. The molecule has 3 rings (SSSR count). The summed E-state index contributed by atoms with van der Waals surface area (Å²) in [5.41, 5.74) is 3.03. The molecule has 0 aliphatic carbocycles. The van der Waals surface area contributed by atoms with Gasteiger partial charge in [0.1, 0.15) is 23.9 Å². The fourth-order valence-electron chi connectivity index (χ4n) is 2.54. The number of hydrogen-bond donors (Lipinski definition) is 1. The number of pyridine rings is 1. The molecule has 3 aromatic rings. The Hall–Kier alpha value is -2.67. The summed E-state index contributed by atoms with van der Waals surface area (Å²) in [4.78, 5) is 16.6. The maximum absolute atomic E-state index is 12.5. The maximum Gasteiger partial charge on any atom is 0.279 e. The van der Waals surface area contributed by atoms with Crippen molar-refractivity contribution in [1.29, 1.82) is 0 Å². The molecule has 0 saturated carbocycles. The van der Waals surface area contributed by atoms with Gasteiger partial charge >= 0.3 is 0 Å². The summed E-state index contributed by atoms with van der Waals surface area (Å²) in [5.74, 6) is 1.32. The molecular weight excluding hydrogens is 398 g/mol. The standard InChI is InChI=1S/C19H18BrN3O3/c1-11-6-12(2)8-15(7-11)25-10-16-13(3)26-23-18(16)19(24)22-17-5-4-14(20)9-21-17/h4-9H,10H2,1-3H3,(H,21,22,24). The molecule has 2 heterocycles. The van der Waals surface area contributed by atoms with Gasteiger partial charge in [-0.25, -0.2) is 4.98 Å². The van der Waals surface area contributed by atoms with Crippen molar-refractivity contribution >= 4 is 27.7 Å². The van der Waals surface area contributed by atoms with Gasteiger partial charge in [-0.1, -0.05) is 11.2 Å². The molecule has 1 amide bonds. The quantitative estimate of drug-likeness (QED) is 0.659. The second-order valence-corrected chi connectivity index (χ2v) is 6.91. The topological polar surface area (TPSA) is 77.2 Å². The predicted molar refractivity (Wildman–Crippen MR) is 101 cm³/mol. The van der Waals surface area contributed by atoms with Crippen molar-refractivity contribution < 1.29 is 14.1 Å². The van der Waals surface area contributed by atoms with E-state index in [1.54, 1.807) is 25.3 Å². The van der Waals surface area contributed by atoms with Crippen LogP contribution in [0.4, 0.5) is 5.82 Å². The number of anilines is 1. The molecule has 0 atom stereocenters. The Labute approximate surface area is 159 Å². The molecule has 0 aliphatic heterocycles. The van der Waals surface area contributed by atoms with Crippen LogP contribution in [0.25, 0.3) is 0 Å². The van der Waals surface area contributed by atoms with E-state index < -0.39 is 5.91 Å². The number of nitrogens with one attached hydrogen (secondary N) is 1. The fraction of sp³-hybridized carbons (Fsp3) is 0.211. The summed E-state index contributed by atoms with van der Waals surface area (Å²) in [6.45, 7) is 5.96. The minimum Gasteiger partial charge on any atom is -0.489 e. The van der Waals surface area contributed by atoms with Crippen LogP contribution in [0, 0.1) is 20.8 Å². The van der Waals surface area contributed by atoms with E-state index in [-0.39, 0.29) is 12.3 Å². The number of halogens is 1. The minimum atomic E-state index is -0.393. The van der Waals surface area contributed by atoms with Gasteiger partial charge in [0.05, 0.1) is 5.56 Å². The molecule has 0 radical (unpaired) electrons. The SMILES string of the molecule is Cc1cc(C)cc(OCc2c(C(=O)Nc3ccc(Br)cn3)noc2C)c1. The number of nitrogens with zero attached hydrogens (tertiary/aromatic N) is 2. The molecule has 7 heteroatoms. The van der Waals surface area contributed by atoms with Crippen LogP contribution in [0.1, 0.15) is 32.9 Å². The zero-order valence-corrected chi connectivity index (χ0v) is 16.3. The van der Waals surface area contributed by atoms with Crippen LogP contribution in [-0.2, 0) is 6.61 Å². The molecular formula is C19H18BrN3O3. The van der Waals surface area contributed by atoms with E-state index in [0.29, 0.717) is 17.1 Å². The zero-order valence-electron chi connectivity index (χ0n) is 14.7. The van der Waals surface area contributed by atoms with Crippen molar-refractivity contribution in [1.82, 2.24) is 10.1 Å². The molecule has 0 unspecified atom stereocenters. The summed E-state index contributed by atoms with van der Waals surface area (Å²) >= 11 is 3.31. The third-order valence-corrected chi connectivity index (χ3v) is 4.22. The van der Waals surface area contributed by atoms with E-state index in [2.05, 4.69) is 37.5 Å². The second kappa shape index (κ2) is 7.70. The first-order valence-corrected chi connectivity index (χ1v) is 8.81. The molecule has 0 spiro atoms. The first-order chi connectivity index (χ1) is 12.4. The van der Waals surface area contributed by atoms with E-state index in [1.165, 1.54) is 0 Å². The van der Waals surface area contributed by atoms with E-state index >= 15 is 0 Å². The third kappa shape index (κ3) is 4.29. The van der Waals surface area contributed by atoms with E-state index in [0.717, 1.165) is 21.3 Å². The largest absolute Gasteiger partial charge is 0.489 e. The molecule has 0 bridgehead atoms. The van der Waals surface area contributed by atoms with Gasteiger partial charge in [0.15, 0.2) is 5.69 Å². The number of aromatic nitrogens is 2. The first-order valence-electron chi connectivity index (χ1n) is 8.01. The van der Waals surface area contributed by atoms with Crippen molar-refractivity contribution in [2.75, 3.05) is 5.32 Å². The van der Waals surface area contributed by atoms with Gasteiger partial charge in [0, 0.05) is 10.7 Å². The smallest absolute Gasteiger partial charge is 0.279 e. The molecule has 0 fully saturated rings. The first kappa shape index (κ1) is 18.1. The molecule has 0 saturated heterocycles. The normalized spacial score (nSPS) is 10.6. The number of rotatable bonds is 5. The van der Waals surface area contributed by atoms with Gasteiger partial charge in [-0.05, 0) is 72.1 Å². The van der Waals surface area contributed by atoms with Crippen LogP contribution in [0.2, 0.25) is 0 Å². The molecule has 134 valence electrons.